The molecule has 0 N–H and O–H groups in total. The quantitative estimate of drug-likeness (QED) is 0.395. The Kier molecular flexibility index (Phi) is 10.4. The van der Waals surface area contributed by atoms with E-state index in [1.807, 2.05) is 12.1 Å². The smallest absolute Gasteiger partial charge is 0.416 e. The summed E-state index contributed by atoms with van der Waals surface area (Å²) < 4.78 is 97.1. The number of nitrogens with zero attached hydrogens (tertiary/aromatic N) is 3. The van der Waals surface area contributed by atoms with Crippen LogP contribution in [0.1, 0.15) is 27.0 Å². The van der Waals surface area contributed by atoms with Crippen LogP contribution in [0.3, 0.4) is 0 Å². The Morgan fingerprint density at radius 2 is 1.50 bits per heavy atom. The van der Waals surface area contributed by atoms with Gasteiger partial charge in [0.1, 0.15) is 5.75 Å². The standard InChI is InChI=1S/C29H35F6N3O4/c1-40-19-26-18-37(11-12-42-26)8-7-36-9-10-38(24(17-36)13-20-3-5-25(41-2)6-4-20)27(39)21-14-22(28(30,31)32)16-23(15-21)29(33,34)35/h3-6,14-16,24,26H,7-13,17-19H2,1-2H3/t24-,26+/m1/s1. The van der Waals surface area contributed by atoms with Crippen molar-refractivity contribution in [3.05, 3.63) is 64.7 Å². The molecule has 2 aromatic carbocycles. The summed E-state index contributed by atoms with van der Waals surface area (Å²) in [5.41, 5.74) is -2.80. The summed E-state index contributed by atoms with van der Waals surface area (Å²) >= 11 is 0. The predicted molar refractivity (Wildman–Crippen MR) is 142 cm³/mol. The molecular weight excluding hydrogens is 568 g/mol. The summed E-state index contributed by atoms with van der Waals surface area (Å²) in [6.07, 6.45) is -9.74. The molecule has 4 rings (SSSR count). The number of benzene rings is 2. The van der Waals surface area contributed by atoms with Gasteiger partial charge in [0, 0.05) is 64.5 Å². The number of halogens is 6. The predicted octanol–water partition coefficient (Wildman–Crippen LogP) is 4.45. The van der Waals surface area contributed by atoms with Gasteiger partial charge in [-0.2, -0.15) is 26.3 Å². The van der Waals surface area contributed by atoms with Gasteiger partial charge in [-0.3, -0.25) is 14.6 Å². The molecule has 0 aromatic heterocycles. The molecule has 2 aromatic rings. The van der Waals surface area contributed by atoms with Gasteiger partial charge in [0.2, 0.25) is 0 Å². The lowest BCUT2D eigenvalue weighted by molar-refractivity contribution is -0.143. The summed E-state index contributed by atoms with van der Waals surface area (Å²) in [6.45, 7) is 5.00. The van der Waals surface area contributed by atoms with Crippen LogP contribution >= 0.6 is 0 Å². The number of carbonyl (C=O) groups excluding carboxylic acids is 1. The molecule has 2 atom stereocenters. The van der Waals surface area contributed by atoms with E-state index in [1.54, 1.807) is 19.2 Å². The van der Waals surface area contributed by atoms with Crippen LogP contribution in [0.4, 0.5) is 26.3 Å². The Morgan fingerprint density at radius 1 is 0.881 bits per heavy atom. The van der Waals surface area contributed by atoms with Crippen molar-refractivity contribution in [1.29, 1.82) is 0 Å². The van der Waals surface area contributed by atoms with E-state index in [2.05, 4.69) is 9.80 Å². The Bertz CT molecular complexity index is 1160. The highest BCUT2D eigenvalue weighted by Crippen LogP contribution is 2.37. The lowest BCUT2D eigenvalue weighted by Gasteiger charge is -2.43. The molecule has 232 valence electrons. The average Bonchev–Trinajstić information content (AvgIpc) is 2.95. The van der Waals surface area contributed by atoms with E-state index >= 15 is 0 Å². The molecule has 1 amide bonds. The minimum atomic E-state index is -5.04. The van der Waals surface area contributed by atoms with Crippen LogP contribution in [-0.4, -0.2) is 106 Å². The summed E-state index contributed by atoms with van der Waals surface area (Å²) in [4.78, 5) is 19.4. The molecule has 7 nitrogen and oxygen atoms in total. The third-order valence-electron chi connectivity index (χ3n) is 7.60. The third kappa shape index (κ3) is 8.36. The molecule has 2 fully saturated rings. The van der Waals surface area contributed by atoms with Crippen LogP contribution in [0.15, 0.2) is 42.5 Å². The first-order valence-corrected chi connectivity index (χ1v) is 13.7. The molecule has 2 aliphatic heterocycles. The van der Waals surface area contributed by atoms with E-state index in [0.29, 0.717) is 57.2 Å². The molecular formula is C29H35F6N3O4. The first kappa shape index (κ1) is 32.1. The summed E-state index contributed by atoms with van der Waals surface area (Å²) in [5, 5.41) is 0. The van der Waals surface area contributed by atoms with Crippen LogP contribution < -0.4 is 4.74 Å². The normalized spacial score (nSPS) is 21.0. The third-order valence-corrected chi connectivity index (χ3v) is 7.60. The van der Waals surface area contributed by atoms with Gasteiger partial charge in [-0.15, -0.1) is 0 Å². The molecule has 2 aliphatic rings. The number of rotatable bonds is 9. The number of ether oxygens (including phenoxy) is 3. The summed E-state index contributed by atoms with van der Waals surface area (Å²) in [6, 6.07) is 7.75. The van der Waals surface area contributed by atoms with Gasteiger partial charge < -0.3 is 19.1 Å². The minimum Gasteiger partial charge on any atom is -0.497 e. The second kappa shape index (κ2) is 13.6. The number of alkyl halides is 6. The van der Waals surface area contributed by atoms with Crippen molar-refractivity contribution in [1.82, 2.24) is 14.7 Å². The maximum Gasteiger partial charge on any atom is 0.416 e. The Hall–Kier alpha value is -2.87. The van der Waals surface area contributed by atoms with Crippen molar-refractivity contribution in [2.45, 2.75) is 30.9 Å². The fourth-order valence-corrected chi connectivity index (χ4v) is 5.40. The van der Waals surface area contributed by atoms with Crippen LogP contribution in [-0.2, 0) is 28.2 Å². The second-order valence-electron chi connectivity index (χ2n) is 10.5. The highest BCUT2D eigenvalue weighted by molar-refractivity contribution is 5.95. The molecule has 0 radical (unpaired) electrons. The van der Waals surface area contributed by atoms with E-state index < -0.39 is 41.0 Å². The number of piperazine rings is 1. The van der Waals surface area contributed by atoms with E-state index in [1.165, 1.54) is 12.0 Å². The number of hydrogen-bond acceptors (Lipinski definition) is 6. The van der Waals surface area contributed by atoms with Gasteiger partial charge in [0.15, 0.2) is 0 Å². The monoisotopic (exact) mass is 603 g/mol. The van der Waals surface area contributed by atoms with Crippen molar-refractivity contribution >= 4 is 5.91 Å². The second-order valence-corrected chi connectivity index (χ2v) is 10.5. The topological polar surface area (TPSA) is 54.5 Å². The van der Waals surface area contributed by atoms with Crippen molar-refractivity contribution in [2.75, 3.05) is 73.2 Å². The lowest BCUT2D eigenvalue weighted by Crippen LogP contribution is -2.57. The number of carbonyl (C=O) groups is 1. The zero-order valence-electron chi connectivity index (χ0n) is 23.5. The van der Waals surface area contributed by atoms with Gasteiger partial charge in [-0.25, -0.2) is 0 Å². The fraction of sp³-hybridized carbons (Fsp3) is 0.552. The molecule has 2 saturated heterocycles. The molecule has 42 heavy (non-hydrogen) atoms. The number of methoxy groups -OCH3 is 2. The maximum atomic E-state index is 13.6. The van der Waals surface area contributed by atoms with E-state index in [-0.39, 0.29) is 18.7 Å². The van der Waals surface area contributed by atoms with Crippen molar-refractivity contribution < 1.29 is 45.3 Å². The van der Waals surface area contributed by atoms with Crippen molar-refractivity contribution in [3.63, 3.8) is 0 Å². The van der Waals surface area contributed by atoms with E-state index in [4.69, 9.17) is 14.2 Å². The van der Waals surface area contributed by atoms with E-state index in [0.717, 1.165) is 25.2 Å². The molecule has 0 unspecified atom stereocenters. The molecule has 0 bridgehead atoms. The highest BCUT2D eigenvalue weighted by Gasteiger charge is 2.39. The van der Waals surface area contributed by atoms with Crippen LogP contribution in [0.5, 0.6) is 5.75 Å². The zero-order chi connectivity index (χ0) is 30.5. The molecule has 2 heterocycles. The molecule has 0 spiro atoms. The first-order valence-electron chi connectivity index (χ1n) is 13.7. The Morgan fingerprint density at radius 3 is 2.07 bits per heavy atom. The molecule has 13 heteroatoms. The molecule has 0 saturated carbocycles. The fourth-order valence-electron chi connectivity index (χ4n) is 5.40. The lowest BCUT2D eigenvalue weighted by atomic mass is 9.99. The van der Waals surface area contributed by atoms with Crippen LogP contribution in [0.25, 0.3) is 0 Å². The van der Waals surface area contributed by atoms with Gasteiger partial charge in [0.25, 0.3) is 5.91 Å². The van der Waals surface area contributed by atoms with Gasteiger partial charge >= 0.3 is 12.4 Å². The van der Waals surface area contributed by atoms with Gasteiger partial charge in [-0.1, -0.05) is 12.1 Å². The average molecular weight is 604 g/mol. The van der Waals surface area contributed by atoms with Gasteiger partial charge in [0.05, 0.1) is 37.6 Å². The Balaban J connectivity index is 1.54. The maximum absolute atomic E-state index is 13.6. The first-order chi connectivity index (χ1) is 19.9. The zero-order valence-corrected chi connectivity index (χ0v) is 23.5. The minimum absolute atomic E-state index is 0.0184. The Labute approximate surface area is 240 Å². The van der Waals surface area contributed by atoms with Crippen LogP contribution in [0, 0.1) is 0 Å². The number of hydrogen-bond donors (Lipinski definition) is 0. The SMILES string of the molecule is COC[C@@H]1CN(CCN2CCN(C(=O)c3cc(C(F)(F)F)cc(C(F)(F)F)c3)[C@H](Cc3ccc(OC)cc3)C2)CCO1. The van der Waals surface area contributed by atoms with E-state index in [9.17, 15) is 31.1 Å². The number of amides is 1. The molecule has 0 aliphatic carbocycles. The summed E-state index contributed by atoms with van der Waals surface area (Å²) in [7, 11) is 3.15. The number of morpholine rings is 1. The summed E-state index contributed by atoms with van der Waals surface area (Å²) in [5.74, 6) is -0.224. The van der Waals surface area contributed by atoms with Crippen molar-refractivity contribution in [2.24, 2.45) is 0 Å². The highest BCUT2D eigenvalue weighted by atomic mass is 19.4. The van der Waals surface area contributed by atoms with Crippen LogP contribution in [0.2, 0.25) is 0 Å². The largest absolute Gasteiger partial charge is 0.497 e. The van der Waals surface area contributed by atoms with Gasteiger partial charge in [-0.05, 0) is 42.3 Å². The van der Waals surface area contributed by atoms with Crippen molar-refractivity contribution in [3.8, 4) is 5.75 Å².